The molecule has 5 heteroatoms. The van der Waals surface area contributed by atoms with Gasteiger partial charge in [0.25, 0.3) is 0 Å². The highest BCUT2D eigenvalue weighted by Gasteiger charge is 2.23. The van der Waals surface area contributed by atoms with Crippen molar-refractivity contribution in [1.29, 1.82) is 0 Å². The third-order valence-corrected chi connectivity index (χ3v) is 4.83. The molecule has 106 valence electrons. The number of aryl methyl sites for hydroxylation is 1. The Hall–Kier alpha value is -1.49. The van der Waals surface area contributed by atoms with Crippen LogP contribution in [0.3, 0.4) is 0 Å². The number of carboxylic acid groups (broad SMARTS) is 1. The minimum Gasteiger partial charge on any atom is -0.481 e. The number of para-hydroxylation sites is 1. The van der Waals surface area contributed by atoms with Crippen LogP contribution in [0, 0.1) is 6.92 Å². The molecule has 3 rings (SSSR count). The lowest BCUT2D eigenvalue weighted by Gasteiger charge is -2.16. The second-order valence-electron chi connectivity index (χ2n) is 5.33. The number of hydrogen-bond acceptors (Lipinski definition) is 3. The summed E-state index contributed by atoms with van der Waals surface area (Å²) in [6, 6.07) is 6.59. The zero-order chi connectivity index (χ0) is 14.1. The first-order valence-electron chi connectivity index (χ1n) is 6.99. The molecule has 20 heavy (non-hydrogen) atoms. The lowest BCUT2D eigenvalue weighted by molar-refractivity contribution is -0.133. The van der Waals surface area contributed by atoms with Crippen molar-refractivity contribution in [3.8, 4) is 0 Å². The minimum atomic E-state index is -0.795. The van der Waals surface area contributed by atoms with Crippen LogP contribution in [0.1, 0.15) is 37.3 Å². The van der Waals surface area contributed by atoms with E-state index < -0.39 is 5.97 Å². The summed E-state index contributed by atoms with van der Waals surface area (Å²) < 4.78 is 2.28. The number of rotatable bonds is 4. The van der Waals surface area contributed by atoms with E-state index in [1.807, 2.05) is 12.1 Å². The topological polar surface area (TPSA) is 55.1 Å². The van der Waals surface area contributed by atoms with Crippen molar-refractivity contribution in [1.82, 2.24) is 9.55 Å². The standard InChI is InChI=1S/C15H18N2O2S/c1-10-5-4-8-12-14(10)17(11-6-2-3-7-11)15(16-12)20-9-13(18)19/h4-5,8,11H,2-3,6-7,9H2,1H3,(H,18,19). The number of imidazole rings is 1. The van der Waals surface area contributed by atoms with Crippen molar-refractivity contribution in [3.05, 3.63) is 23.8 Å². The molecule has 1 heterocycles. The Morgan fingerprint density at radius 2 is 2.20 bits per heavy atom. The van der Waals surface area contributed by atoms with Gasteiger partial charge in [0.05, 0.1) is 16.8 Å². The van der Waals surface area contributed by atoms with Crippen LogP contribution in [0.2, 0.25) is 0 Å². The number of thioether (sulfide) groups is 1. The predicted molar refractivity (Wildman–Crippen MR) is 80.3 cm³/mol. The first kappa shape index (κ1) is 13.5. The van der Waals surface area contributed by atoms with Crippen molar-refractivity contribution in [3.63, 3.8) is 0 Å². The highest BCUT2D eigenvalue weighted by Crippen LogP contribution is 2.37. The SMILES string of the molecule is Cc1cccc2nc(SCC(=O)O)n(C3CCCC3)c12. The van der Waals surface area contributed by atoms with Crippen LogP contribution in [0.5, 0.6) is 0 Å². The Labute approximate surface area is 122 Å². The van der Waals surface area contributed by atoms with Gasteiger partial charge in [0.1, 0.15) is 0 Å². The van der Waals surface area contributed by atoms with Gasteiger partial charge >= 0.3 is 5.97 Å². The third-order valence-electron chi connectivity index (χ3n) is 3.89. The fourth-order valence-electron chi connectivity index (χ4n) is 3.03. The number of carboxylic acids is 1. The molecule has 1 saturated carbocycles. The average Bonchev–Trinajstić information content (AvgIpc) is 3.03. The summed E-state index contributed by atoms with van der Waals surface area (Å²) in [6.07, 6.45) is 4.83. The molecule has 0 aliphatic heterocycles. The van der Waals surface area contributed by atoms with E-state index in [1.165, 1.54) is 48.5 Å². The molecule has 1 aromatic heterocycles. The average molecular weight is 290 g/mol. The number of fused-ring (bicyclic) bond motifs is 1. The summed E-state index contributed by atoms with van der Waals surface area (Å²) in [6.45, 7) is 2.10. The molecule has 1 N–H and O–H groups in total. The second-order valence-corrected chi connectivity index (χ2v) is 6.27. The van der Waals surface area contributed by atoms with Crippen LogP contribution in [0.4, 0.5) is 0 Å². The maximum Gasteiger partial charge on any atom is 0.313 e. The number of aliphatic carboxylic acids is 1. The van der Waals surface area contributed by atoms with E-state index in [9.17, 15) is 4.79 Å². The fraction of sp³-hybridized carbons (Fsp3) is 0.467. The summed E-state index contributed by atoms with van der Waals surface area (Å²) in [7, 11) is 0. The van der Waals surface area contributed by atoms with Crippen molar-refractivity contribution >= 4 is 28.8 Å². The molecule has 4 nitrogen and oxygen atoms in total. The Morgan fingerprint density at radius 3 is 2.90 bits per heavy atom. The van der Waals surface area contributed by atoms with Crippen molar-refractivity contribution in [2.24, 2.45) is 0 Å². The zero-order valence-corrected chi connectivity index (χ0v) is 12.3. The van der Waals surface area contributed by atoms with Gasteiger partial charge < -0.3 is 9.67 Å². The van der Waals surface area contributed by atoms with Gasteiger partial charge in [-0.05, 0) is 31.4 Å². The molecule has 0 saturated heterocycles. The summed E-state index contributed by atoms with van der Waals surface area (Å²) in [4.78, 5) is 15.5. The third kappa shape index (κ3) is 2.42. The second kappa shape index (κ2) is 5.48. The van der Waals surface area contributed by atoms with E-state index in [0.29, 0.717) is 6.04 Å². The normalized spacial score (nSPS) is 16.1. The van der Waals surface area contributed by atoms with Gasteiger partial charge in [-0.25, -0.2) is 4.98 Å². The summed E-state index contributed by atoms with van der Waals surface area (Å²) >= 11 is 1.33. The lowest BCUT2D eigenvalue weighted by atomic mass is 10.2. The smallest absolute Gasteiger partial charge is 0.313 e. The van der Waals surface area contributed by atoms with Crippen LogP contribution in [0.15, 0.2) is 23.4 Å². The van der Waals surface area contributed by atoms with Gasteiger partial charge in [-0.3, -0.25) is 4.79 Å². The fourth-order valence-corrected chi connectivity index (χ4v) is 3.82. The molecule has 0 amide bonds. The molecule has 1 aliphatic carbocycles. The lowest BCUT2D eigenvalue weighted by Crippen LogP contribution is -2.08. The van der Waals surface area contributed by atoms with E-state index in [2.05, 4.69) is 22.5 Å². The number of nitrogens with zero attached hydrogens (tertiary/aromatic N) is 2. The van der Waals surface area contributed by atoms with E-state index in [1.54, 1.807) is 0 Å². The predicted octanol–water partition coefficient (Wildman–Crippen LogP) is 3.64. The summed E-state index contributed by atoms with van der Waals surface area (Å²) in [5.74, 6) is -0.730. The highest BCUT2D eigenvalue weighted by molar-refractivity contribution is 7.99. The monoisotopic (exact) mass is 290 g/mol. The molecule has 2 aromatic rings. The van der Waals surface area contributed by atoms with Crippen molar-refractivity contribution in [2.45, 2.75) is 43.8 Å². The number of carbonyl (C=O) groups is 1. The quantitative estimate of drug-likeness (QED) is 0.873. The van der Waals surface area contributed by atoms with E-state index >= 15 is 0 Å². The molecular formula is C15H18N2O2S. The Bertz CT molecular complexity index is 645. The van der Waals surface area contributed by atoms with Gasteiger partial charge in [0.2, 0.25) is 0 Å². The van der Waals surface area contributed by atoms with Crippen molar-refractivity contribution in [2.75, 3.05) is 5.75 Å². The molecule has 0 radical (unpaired) electrons. The van der Waals surface area contributed by atoms with Crippen LogP contribution in [-0.4, -0.2) is 26.4 Å². The number of hydrogen-bond donors (Lipinski definition) is 1. The Kier molecular flexibility index (Phi) is 3.70. The molecule has 0 atom stereocenters. The first-order valence-corrected chi connectivity index (χ1v) is 7.97. The molecule has 0 bridgehead atoms. The van der Waals surface area contributed by atoms with Gasteiger partial charge in [0.15, 0.2) is 5.16 Å². The van der Waals surface area contributed by atoms with Gasteiger partial charge in [-0.2, -0.15) is 0 Å². The molecule has 1 aromatic carbocycles. The van der Waals surface area contributed by atoms with E-state index in [4.69, 9.17) is 5.11 Å². The molecule has 0 spiro atoms. The maximum absolute atomic E-state index is 10.8. The van der Waals surface area contributed by atoms with Gasteiger partial charge in [-0.1, -0.05) is 36.7 Å². The molecule has 1 fully saturated rings. The van der Waals surface area contributed by atoms with Crippen LogP contribution < -0.4 is 0 Å². The molecular weight excluding hydrogens is 272 g/mol. The van der Waals surface area contributed by atoms with E-state index in [0.717, 1.165) is 10.7 Å². The highest BCUT2D eigenvalue weighted by atomic mass is 32.2. The van der Waals surface area contributed by atoms with Crippen LogP contribution in [0.25, 0.3) is 11.0 Å². The number of benzene rings is 1. The maximum atomic E-state index is 10.8. The van der Waals surface area contributed by atoms with Gasteiger partial charge in [-0.15, -0.1) is 0 Å². The van der Waals surface area contributed by atoms with Crippen molar-refractivity contribution < 1.29 is 9.90 Å². The first-order chi connectivity index (χ1) is 9.66. The zero-order valence-electron chi connectivity index (χ0n) is 11.5. The van der Waals surface area contributed by atoms with E-state index in [-0.39, 0.29) is 5.75 Å². The molecule has 0 unspecified atom stereocenters. The molecule has 1 aliphatic rings. The Morgan fingerprint density at radius 1 is 1.45 bits per heavy atom. The summed E-state index contributed by atoms with van der Waals surface area (Å²) in [5, 5.41) is 9.75. The van der Waals surface area contributed by atoms with Crippen LogP contribution in [-0.2, 0) is 4.79 Å². The number of aromatic nitrogens is 2. The Balaban J connectivity index is 2.09. The van der Waals surface area contributed by atoms with Gasteiger partial charge in [0, 0.05) is 6.04 Å². The minimum absolute atomic E-state index is 0.0646. The largest absolute Gasteiger partial charge is 0.481 e. The summed E-state index contributed by atoms with van der Waals surface area (Å²) in [5.41, 5.74) is 3.36. The van der Waals surface area contributed by atoms with Crippen LogP contribution >= 0.6 is 11.8 Å².